The van der Waals surface area contributed by atoms with Gasteiger partial charge in [0.15, 0.2) is 0 Å². The van der Waals surface area contributed by atoms with Crippen LogP contribution in [-0.4, -0.2) is 59.6 Å². The number of thioether (sulfide) groups is 2. The molecule has 124 valence electrons. The van der Waals surface area contributed by atoms with E-state index in [4.69, 9.17) is 0 Å². The largest absolute Gasteiger partial charge is 0.345 e. The lowest BCUT2D eigenvalue weighted by atomic mass is 10.2. The molecule has 21 heavy (non-hydrogen) atoms. The molecule has 0 fully saturated rings. The summed E-state index contributed by atoms with van der Waals surface area (Å²) in [6, 6.07) is 0.312. The second-order valence-corrected chi connectivity index (χ2v) is 7.91. The lowest BCUT2D eigenvalue weighted by Crippen LogP contribution is -2.31. The molecule has 2 N–H and O–H groups in total. The Bertz CT molecular complexity index is 297. The molecule has 0 aromatic carbocycles. The van der Waals surface area contributed by atoms with E-state index >= 15 is 0 Å². The molecule has 7 heteroatoms. The van der Waals surface area contributed by atoms with Gasteiger partial charge < -0.3 is 15.5 Å². The number of hydrogen-bond donors (Lipinski definition) is 2. The Kier molecular flexibility index (Phi) is 11.0. The fraction of sp³-hybridized carbons (Fsp3) is 0.857. The number of nitrogens with one attached hydrogen (secondary N) is 2. The van der Waals surface area contributed by atoms with Gasteiger partial charge in [-0.25, -0.2) is 0 Å². The third-order valence-electron chi connectivity index (χ3n) is 2.34. The Labute approximate surface area is 137 Å². The Morgan fingerprint density at radius 2 is 1.29 bits per heavy atom. The number of hydrogen-bond acceptors (Lipinski definition) is 5. The van der Waals surface area contributed by atoms with Crippen molar-refractivity contribution in [3.05, 3.63) is 0 Å². The molecule has 0 spiro atoms. The van der Waals surface area contributed by atoms with E-state index in [0.717, 1.165) is 18.1 Å². The third-order valence-corrected chi connectivity index (χ3v) is 4.37. The number of rotatable bonds is 8. The molecule has 0 unspecified atom stereocenters. The SMILES string of the molecule is CC(C)NC(=O)SCC(CSC(=O)NC(C)C)CN(C)C. The smallest absolute Gasteiger partial charge is 0.279 e. The summed E-state index contributed by atoms with van der Waals surface area (Å²) < 4.78 is 0. The number of amides is 2. The third kappa shape index (κ3) is 13.0. The molecule has 0 aromatic rings. The van der Waals surface area contributed by atoms with Crippen molar-refractivity contribution >= 4 is 34.0 Å². The van der Waals surface area contributed by atoms with E-state index in [1.165, 1.54) is 23.5 Å². The average Bonchev–Trinajstić information content (AvgIpc) is 2.30. The van der Waals surface area contributed by atoms with Crippen LogP contribution in [-0.2, 0) is 0 Å². The molecular weight excluding hydrogens is 306 g/mol. The van der Waals surface area contributed by atoms with Crippen molar-refractivity contribution in [1.29, 1.82) is 0 Å². The van der Waals surface area contributed by atoms with Gasteiger partial charge in [-0.15, -0.1) is 0 Å². The lowest BCUT2D eigenvalue weighted by molar-refractivity contribution is 0.258. The molecule has 0 saturated carbocycles. The highest BCUT2D eigenvalue weighted by Gasteiger charge is 2.16. The first-order chi connectivity index (χ1) is 9.70. The van der Waals surface area contributed by atoms with Crippen molar-refractivity contribution in [2.24, 2.45) is 5.92 Å². The van der Waals surface area contributed by atoms with Gasteiger partial charge >= 0.3 is 0 Å². The van der Waals surface area contributed by atoms with E-state index in [1.54, 1.807) is 0 Å². The predicted molar refractivity (Wildman–Crippen MR) is 94.3 cm³/mol. The maximum Gasteiger partial charge on any atom is 0.279 e. The van der Waals surface area contributed by atoms with Gasteiger partial charge in [0.2, 0.25) is 0 Å². The molecule has 5 nitrogen and oxygen atoms in total. The Morgan fingerprint density at radius 3 is 1.57 bits per heavy atom. The van der Waals surface area contributed by atoms with E-state index < -0.39 is 0 Å². The van der Waals surface area contributed by atoms with Crippen LogP contribution in [0.3, 0.4) is 0 Å². The molecule has 0 heterocycles. The summed E-state index contributed by atoms with van der Waals surface area (Å²) in [5, 5.41) is 5.74. The first-order valence-electron chi connectivity index (χ1n) is 7.22. The van der Waals surface area contributed by atoms with E-state index in [1.807, 2.05) is 41.8 Å². The minimum Gasteiger partial charge on any atom is -0.345 e. The normalized spacial score (nSPS) is 11.5. The molecule has 0 saturated heterocycles. The summed E-state index contributed by atoms with van der Waals surface area (Å²) in [5.74, 6) is 1.74. The van der Waals surface area contributed by atoms with E-state index in [9.17, 15) is 9.59 Å². The molecule has 0 aliphatic carbocycles. The van der Waals surface area contributed by atoms with Gasteiger partial charge in [-0.3, -0.25) is 9.59 Å². The molecule has 0 radical (unpaired) electrons. The molecule has 0 rings (SSSR count). The summed E-state index contributed by atoms with van der Waals surface area (Å²) in [6.45, 7) is 8.65. The lowest BCUT2D eigenvalue weighted by Gasteiger charge is -2.20. The van der Waals surface area contributed by atoms with E-state index in [0.29, 0.717) is 5.92 Å². The molecule has 0 aliphatic rings. The first-order valence-corrected chi connectivity index (χ1v) is 9.19. The number of carbonyl (C=O) groups excluding carboxylic acids is 2. The van der Waals surface area contributed by atoms with Crippen molar-refractivity contribution in [2.45, 2.75) is 39.8 Å². The predicted octanol–water partition coefficient (Wildman–Crippen LogP) is 2.87. The van der Waals surface area contributed by atoms with Crippen LogP contribution in [0.2, 0.25) is 0 Å². The Morgan fingerprint density at radius 1 is 0.905 bits per heavy atom. The number of nitrogens with zero attached hydrogens (tertiary/aromatic N) is 1. The van der Waals surface area contributed by atoms with Crippen LogP contribution in [0.5, 0.6) is 0 Å². The number of carbonyl (C=O) groups is 2. The zero-order chi connectivity index (χ0) is 16.4. The van der Waals surface area contributed by atoms with Crippen molar-refractivity contribution in [3.8, 4) is 0 Å². The maximum atomic E-state index is 11.7. The van der Waals surface area contributed by atoms with Crippen LogP contribution in [0.25, 0.3) is 0 Å². The fourth-order valence-electron chi connectivity index (χ4n) is 1.61. The van der Waals surface area contributed by atoms with Gasteiger partial charge in [-0.2, -0.15) is 0 Å². The van der Waals surface area contributed by atoms with Crippen LogP contribution in [0.4, 0.5) is 9.59 Å². The van der Waals surface area contributed by atoms with Gasteiger partial charge in [0.25, 0.3) is 10.5 Å². The minimum atomic E-state index is 0.00499. The fourth-order valence-corrected chi connectivity index (χ4v) is 3.62. The van der Waals surface area contributed by atoms with E-state index in [-0.39, 0.29) is 22.6 Å². The Hall–Kier alpha value is -0.400. The summed E-state index contributed by atoms with van der Waals surface area (Å²) >= 11 is 2.60. The van der Waals surface area contributed by atoms with Crippen LogP contribution in [0.15, 0.2) is 0 Å². The zero-order valence-electron chi connectivity index (χ0n) is 13.9. The highest BCUT2D eigenvalue weighted by Crippen LogP contribution is 2.17. The summed E-state index contributed by atoms with van der Waals surface area (Å²) in [6.07, 6.45) is 0. The summed E-state index contributed by atoms with van der Waals surface area (Å²) in [4.78, 5) is 25.4. The second-order valence-electron chi connectivity index (χ2n) is 5.92. The standard InChI is InChI=1S/C14H29N3O2S2/c1-10(2)15-13(18)20-8-12(7-17(5)6)9-21-14(19)16-11(3)4/h10-12H,7-9H2,1-6H3,(H,15,18)(H,16,19). The van der Waals surface area contributed by atoms with Crippen molar-refractivity contribution in [2.75, 3.05) is 32.1 Å². The second kappa shape index (κ2) is 11.2. The van der Waals surface area contributed by atoms with Crippen molar-refractivity contribution in [1.82, 2.24) is 15.5 Å². The molecule has 0 aliphatic heterocycles. The molecule has 2 amide bonds. The van der Waals surface area contributed by atoms with Crippen LogP contribution < -0.4 is 10.6 Å². The van der Waals surface area contributed by atoms with Crippen LogP contribution >= 0.6 is 23.5 Å². The summed E-state index contributed by atoms with van der Waals surface area (Å²) in [7, 11) is 4.01. The molecule has 0 bridgehead atoms. The maximum absolute atomic E-state index is 11.7. The van der Waals surface area contributed by atoms with Crippen LogP contribution in [0, 0.1) is 5.92 Å². The molecule has 0 atom stereocenters. The highest BCUT2D eigenvalue weighted by atomic mass is 32.2. The molecule has 0 aromatic heterocycles. The van der Waals surface area contributed by atoms with Gasteiger partial charge in [-0.1, -0.05) is 23.5 Å². The van der Waals surface area contributed by atoms with Gasteiger partial charge in [-0.05, 0) is 47.7 Å². The highest BCUT2D eigenvalue weighted by molar-refractivity contribution is 8.14. The van der Waals surface area contributed by atoms with E-state index in [2.05, 4.69) is 15.5 Å². The van der Waals surface area contributed by atoms with Gasteiger partial charge in [0, 0.05) is 30.1 Å². The zero-order valence-corrected chi connectivity index (χ0v) is 15.6. The average molecular weight is 336 g/mol. The van der Waals surface area contributed by atoms with Gasteiger partial charge in [0.1, 0.15) is 0 Å². The quantitative estimate of drug-likeness (QED) is 0.714. The molecular formula is C14H29N3O2S2. The summed E-state index contributed by atoms with van der Waals surface area (Å²) in [5.41, 5.74) is 0. The van der Waals surface area contributed by atoms with Crippen molar-refractivity contribution < 1.29 is 9.59 Å². The van der Waals surface area contributed by atoms with Crippen molar-refractivity contribution in [3.63, 3.8) is 0 Å². The topological polar surface area (TPSA) is 61.4 Å². The van der Waals surface area contributed by atoms with Crippen LogP contribution in [0.1, 0.15) is 27.7 Å². The first kappa shape index (κ1) is 20.6. The monoisotopic (exact) mass is 335 g/mol. The Balaban J connectivity index is 4.20. The minimum absolute atomic E-state index is 0.00499. The van der Waals surface area contributed by atoms with Gasteiger partial charge in [0.05, 0.1) is 0 Å².